The van der Waals surface area contributed by atoms with Crippen molar-refractivity contribution in [3.8, 4) is 0 Å². The number of esters is 1. The molecule has 0 bridgehead atoms. The first-order valence-corrected chi connectivity index (χ1v) is 40.3. The maximum atomic E-state index is 11.5. The molecular formula is C78H88N39NaO16. The van der Waals surface area contributed by atoms with Gasteiger partial charge in [-0.1, -0.05) is 66.8 Å². The fraction of sp³-hybridized carbons (Fsp3) is 0.308. The third kappa shape index (κ3) is 20.7. The van der Waals surface area contributed by atoms with Gasteiger partial charge in [0.15, 0.2) is 80.3 Å². The summed E-state index contributed by atoms with van der Waals surface area (Å²) in [7, 11) is 1.39. The smallest absolute Gasteiger partial charge is 0.870 e. The zero-order chi connectivity index (χ0) is 93.7. The van der Waals surface area contributed by atoms with E-state index in [0.29, 0.717) is 176 Å². The van der Waals surface area contributed by atoms with Gasteiger partial charge in [0.2, 0.25) is 17.7 Å². The molecule has 7 aliphatic rings. The summed E-state index contributed by atoms with van der Waals surface area (Å²) in [6.45, 7) is 0. The Labute approximate surface area is 775 Å². The van der Waals surface area contributed by atoms with Crippen LogP contribution < -0.4 is 92.0 Å². The van der Waals surface area contributed by atoms with E-state index in [1.807, 2.05) is 68.4 Å². The molecule has 7 aliphatic carbocycles. The maximum Gasteiger partial charge on any atom is 1.00 e. The molecule has 1 fully saturated rings. The summed E-state index contributed by atoms with van der Waals surface area (Å²) < 4.78 is 17.8. The van der Waals surface area contributed by atoms with Crippen LogP contribution in [0.3, 0.4) is 0 Å². The zero-order valence-corrected chi connectivity index (χ0v) is 73.0. The number of anilines is 7. The molecule has 0 spiro atoms. The van der Waals surface area contributed by atoms with Crippen LogP contribution in [0.2, 0.25) is 0 Å². The number of methoxy groups -OCH3 is 1. The quantitative estimate of drug-likeness (QED) is 0.0207. The number of fused-ring (bicyclic) bond motifs is 7. The standard InChI is InChI=1S/C12H13N5O2.C11H14N6O2.2C11H12N6O2.3C11H11N5O2.H3NO.Na.H2O/c1-19-12(18)7-2-3-8(4-7)17-6-16-9-10(13)14-5-15-11(9)17;3*12-9-8-10(14-4-13-9)17(5-15-8)7-2-1-6(3-7)11(18)16-19;3*12-9-8-10(14-4-13-9)16(5-15-8)7-2-1-6(3-7)11(17)18;1-2;;/h2-3,5-8H,4H2,1H3,(H2,13,14,15);4-7,19H,1-3H2,(H,16,18)(H2,12,13,14);2*1-2,4-7,19H,3H2,(H,16,18)(H2,12,13,14);1,4-5,7H,2-3H2,(H,17,18)(H2,12,13,14);2*1-2,4-7H,3H2,(H,17,18)(H2,12,13,14);2H,1H2;;1H2/q;;;;;;;;+1;/p-1/t7-,8+;6-,7-;6-,7+;6-,7-;7-;6-,7+;6-,7-;;;/m0101101.../s1. The summed E-state index contributed by atoms with van der Waals surface area (Å²) in [5.41, 5.74) is 53.9. The van der Waals surface area contributed by atoms with E-state index in [0.717, 1.165) is 12.8 Å². The number of nitrogens with two attached hydrogens (primary N) is 8. The number of rotatable bonds is 14. The summed E-state index contributed by atoms with van der Waals surface area (Å²) in [6.07, 6.45) is 47.3. The molecule has 134 heavy (non-hydrogen) atoms. The van der Waals surface area contributed by atoms with Gasteiger partial charge in [0, 0.05) is 30.0 Å². The zero-order valence-electron chi connectivity index (χ0n) is 71.0. The van der Waals surface area contributed by atoms with Crippen molar-refractivity contribution < 1.29 is 109 Å². The second kappa shape index (κ2) is 43.1. The molecule has 13 atom stereocenters. The molecule has 0 aliphatic heterocycles. The SMILES string of the molecule is COC(=O)[C@H]1C=C[C@@H](n2cnc3c(N)ncnc32)C1.NO.Nc1ncnc2c1ncn2[C@@H]1C=C[C@@H](C(=O)NO)C1.Nc1ncnc2c1ncn2[C@@H]1C=C[C@@H](C(=O)O)C1.Nc1ncnc2c1ncn2[C@@H]1C=C[C@H](C(=O)NO)C1.Nc1ncnc2c1ncn2[C@@H]1C=C[C@H](C(=O)O)C1.Nc1ncnc2c1ncn2[C@@H]1CC=C(C(=O)O)C1.Nc1ncnc2c1ncn2[C@@H]1CC[C@@H](C(=O)NO)C1.[Na+].[OH-]. The Morgan fingerprint density at radius 3 is 0.851 bits per heavy atom. The van der Waals surface area contributed by atoms with Crippen LogP contribution in [0, 0.1) is 35.5 Å². The Balaban J connectivity index is 0.000000140. The first-order valence-electron chi connectivity index (χ1n) is 40.3. The van der Waals surface area contributed by atoms with Crippen molar-refractivity contribution >= 4 is 160 Å². The Kier molecular flexibility index (Phi) is 31.2. The number of hydroxylamine groups is 3. The van der Waals surface area contributed by atoms with Gasteiger partial charge < -0.3 is 103 Å². The third-order valence-corrected chi connectivity index (χ3v) is 22.9. The molecule has 27 N–H and O–H groups in total. The first-order chi connectivity index (χ1) is 63.8. The Hall–Kier alpha value is -16.1. The molecule has 14 heterocycles. The second-order valence-electron chi connectivity index (χ2n) is 30.5. The van der Waals surface area contributed by atoms with E-state index in [-0.39, 0.29) is 113 Å². The van der Waals surface area contributed by atoms with Crippen LogP contribution in [0.15, 0.2) is 161 Å². The monoisotopic (exact) mass is 1850 g/mol. The third-order valence-electron chi connectivity index (χ3n) is 22.9. The number of carboxylic acid groups (broad SMARTS) is 3. The number of aliphatic carboxylic acids is 3. The van der Waals surface area contributed by atoms with E-state index >= 15 is 0 Å². The summed E-state index contributed by atoms with van der Waals surface area (Å²) in [4.78, 5) is 164. The van der Waals surface area contributed by atoms with Crippen molar-refractivity contribution in [2.75, 3.05) is 47.2 Å². The topological polar surface area (TPSA) is 850 Å². The van der Waals surface area contributed by atoms with Gasteiger partial charge >= 0.3 is 53.4 Å². The molecule has 0 unspecified atom stereocenters. The Bertz CT molecular complexity index is 6450. The van der Waals surface area contributed by atoms with Crippen molar-refractivity contribution in [1.29, 1.82) is 0 Å². The number of nitrogen functional groups attached to an aromatic ring is 7. The van der Waals surface area contributed by atoms with Crippen LogP contribution in [0.1, 0.15) is 107 Å². The van der Waals surface area contributed by atoms with Gasteiger partial charge in [-0.15, -0.1) is 0 Å². The van der Waals surface area contributed by atoms with Gasteiger partial charge in [0.25, 0.3) is 0 Å². The van der Waals surface area contributed by atoms with Crippen molar-refractivity contribution in [2.24, 2.45) is 41.4 Å². The van der Waals surface area contributed by atoms with Crippen molar-refractivity contribution in [1.82, 2.24) is 153 Å². The average Bonchev–Trinajstić information content (AvgIpc) is 1.70. The summed E-state index contributed by atoms with van der Waals surface area (Å²) in [5, 5.41) is 59.3. The number of carboxylic acids is 3. The van der Waals surface area contributed by atoms with Gasteiger partial charge in [-0.25, -0.2) is 132 Å². The van der Waals surface area contributed by atoms with E-state index in [4.69, 9.17) is 81.0 Å². The largest absolute Gasteiger partial charge is 1.00 e. The van der Waals surface area contributed by atoms with E-state index < -0.39 is 41.6 Å². The number of imidazole rings is 7. The number of aromatic nitrogens is 28. The Morgan fingerprint density at radius 2 is 0.590 bits per heavy atom. The van der Waals surface area contributed by atoms with E-state index in [1.165, 1.54) is 51.4 Å². The van der Waals surface area contributed by atoms with Gasteiger partial charge in [-0.3, -0.25) is 44.4 Å². The molecule has 0 aromatic carbocycles. The van der Waals surface area contributed by atoms with Gasteiger partial charge in [0.1, 0.15) is 82.9 Å². The second-order valence-corrected chi connectivity index (χ2v) is 30.5. The maximum absolute atomic E-state index is 11.5. The van der Waals surface area contributed by atoms with Crippen LogP contribution in [0.5, 0.6) is 0 Å². The molecule has 0 saturated heterocycles. The Morgan fingerprint density at radius 1 is 0.336 bits per heavy atom. The van der Waals surface area contributed by atoms with Crippen LogP contribution in [-0.4, -0.2) is 227 Å². The number of hydrogen-bond acceptors (Lipinski definition) is 42. The predicted octanol–water partition coefficient (Wildman–Crippen LogP) is -0.848. The summed E-state index contributed by atoms with van der Waals surface area (Å²) in [6, 6.07) is 0.0272. The van der Waals surface area contributed by atoms with E-state index in [1.54, 1.807) is 91.1 Å². The van der Waals surface area contributed by atoms with Crippen LogP contribution >= 0.6 is 0 Å². The molecule has 14 aromatic heterocycles. The van der Waals surface area contributed by atoms with Crippen molar-refractivity contribution in [3.63, 3.8) is 0 Å². The van der Waals surface area contributed by atoms with Gasteiger partial charge in [-0.2, -0.15) is 0 Å². The average molecular weight is 1850 g/mol. The molecule has 1 saturated carbocycles. The van der Waals surface area contributed by atoms with E-state index in [2.05, 4.69) is 111 Å². The van der Waals surface area contributed by atoms with Crippen molar-refractivity contribution in [2.45, 2.75) is 107 Å². The van der Waals surface area contributed by atoms with Gasteiger partial charge in [0.05, 0.1) is 111 Å². The number of allylic oxidation sites excluding steroid dienone is 6. The number of nitrogens with zero attached hydrogens (tertiary/aromatic N) is 28. The van der Waals surface area contributed by atoms with Gasteiger partial charge in [-0.05, 0) is 57.8 Å². The van der Waals surface area contributed by atoms with Crippen LogP contribution in [0.4, 0.5) is 40.7 Å². The molecule has 21 rings (SSSR count). The molecule has 14 aromatic rings. The minimum absolute atomic E-state index is 0. The van der Waals surface area contributed by atoms with E-state index in [9.17, 15) is 33.6 Å². The predicted molar refractivity (Wildman–Crippen MR) is 465 cm³/mol. The molecule has 692 valence electrons. The number of carbonyl (C=O) groups excluding carboxylic acids is 4. The number of nitrogens with one attached hydrogen (secondary N) is 3. The minimum atomic E-state index is -0.865. The molecule has 3 amide bonds. The minimum Gasteiger partial charge on any atom is -0.870 e. The molecular weight excluding hydrogens is 1760 g/mol. The summed E-state index contributed by atoms with van der Waals surface area (Å²) in [5.74, 6) is -0.0277. The molecule has 0 radical (unpaired) electrons. The van der Waals surface area contributed by atoms with Crippen LogP contribution in [0.25, 0.3) is 78.1 Å². The normalized spacial score (nSPS) is 21.3. The number of amides is 3. The number of carbonyl (C=O) groups is 7. The fourth-order valence-corrected chi connectivity index (χ4v) is 16.1. The van der Waals surface area contributed by atoms with Crippen molar-refractivity contribution in [3.05, 3.63) is 161 Å². The molecule has 56 heteroatoms. The first kappa shape index (κ1) is 97.0. The molecule has 55 nitrogen and oxygen atoms in total. The number of hydrogen-bond donors (Lipinski definition) is 18. The van der Waals surface area contributed by atoms with Crippen LogP contribution in [-0.2, 0) is 38.3 Å². The fourth-order valence-electron chi connectivity index (χ4n) is 16.1. The number of ether oxygens (including phenoxy) is 1. The summed E-state index contributed by atoms with van der Waals surface area (Å²) >= 11 is 0.